The van der Waals surface area contributed by atoms with Crippen LogP contribution in [0.3, 0.4) is 0 Å². The molecule has 4 heteroatoms. The molecule has 5 aliphatic carbocycles. The zero-order valence-electron chi connectivity index (χ0n) is 24.1. The highest BCUT2D eigenvalue weighted by Gasteiger charge is 2.69. The maximum Gasteiger partial charge on any atom is 0.310 e. The van der Waals surface area contributed by atoms with Gasteiger partial charge in [0.2, 0.25) is 0 Å². The van der Waals surface area contributed by atoms with Crippen LogP contribution in [0.25, 0.3) is 0 Å². The van der Waals surface area contributed by atoms with Crippen LogP contribution in [-0.4, -0.2) is 23.1 Å². The van der Waals surface area contributed by atoms with Gasteiger partial charge in [0.05, 0.1) is 5.41 Å². The number of carbonyl (C=O) groups excluding carboxylic acids is 1. The summed E-state index contributed by atoms with van der Waals surface area (Å²) in [6.45, 7) is 18.5. The van der Waals surface area contributed by atoms with Crippen LogP contribution in [0.15, 0.2) is 11.6 Å². The van der Waals surface area contributed by atoms with E-state index >= 15 is 0 Å². The lowest BCUT2D eigenvalue weighted by atomic mass is 9.33. The molecular weight excluding hydrogens is 448 g/mol. The van der Waals surface area contributed by atoms with E-state index in [2.05, 4.69) is 54.5 Å². The second-order valence-electron chi connectivity index (χ2n) is 15.6. The van der Waals surface area contributed by atoms with Crippen LogP contribution in [0.2, 0.25) is 0 Å². The fourth-order valence-corrected chi connectivity index (χ4v) is 11.0. The van der Waals surface area contributed by atoms with Gasteiger partial charge in [-0.25, -0.2) is 0 Å². The predicted molar refractivity (Wildman–Crippen MR) is 142 cm³/mol. The summed E-state index contributed by atoms with van der Waals surface area (Å²) >= 11 is 0. The molecule has 36 heavy (non-hydrogen) atoms. The van der Waals surface area contributed by atoms with Gasteiger partial charge in [-0.3, -0.25) is 9.59 Å². The van der Waals surface area contributed by atoms with Crippen molar-refractivity contribution >= 4 is 11.9 Å². The average molecular weight is 499 g/mol. The van der Waals surface area contributed by atoms with Crippen LogP contribution < -0.4 is 0 Å². The van der Waals surface area contributed by atoms with Gasteiger partial charge < -0.3 is 9.84 Å². The molecule has 0 aromatic heterocycles. The van der Waals surface area contributed by atoms with Gasteiger partial charge in [-0.1, -0.05) is 60.1 Å². The predicted octanol–water partition coefficient (Wildman–Crippen LogP) is 7.80. The van der Waals surface area contributed by atoms with Gasteiger partial charge in [-0.15, -0.1) is 0 Å². The summed E-state index contributed by atoms with van der Waals surface area (Å²) < 4.78 is 5.87. The summed E-state index contributed by atoms with van der Waals surface area (Å²) in [6, 6.07) is 0. The average Bonchev–Trinajstić information content (AvgIpc) is 2.75. The Labute approximate surface area is 219 Å². The lowest BCUT2D eigenvalue weighted by Gasteiger charge is -2.71. The van der Waals surface area contributed by atoms with E-state index < -0.39 is 11.4 Å². The molecule has 0 spiro atoms. The van der Waals surface area contributed by atoms with E-state index in [0.29, 0.717) is 11.8 Å². The van der Waals surface area contributed by atoms with E-state index in [1.54, 1.807) is 6.92 Å². The number of allylic oxidation sites excluding steroid dienone is 2. The van der Waals surface area contributed by atoms with E-state index in [-0.39, 0.29) is 45.1 Å². The molecule has 0 radical (unpaired) electrons. The van der Waals surface area contributed by atoms with Crippen molar-refractivity contribution in [3.8, 4) is 0 Å². The molecule has 0 aliphatic heterocycles. The molecular formula is C32H50O4. The molecule has 1 N–H and O–H groups in total. The van der Waals surface area contributed by atoms with E-state index in [1.807, 2.05) is 0 Å². The highest BCUT2D eigenvalue weighted by molar-refractivity contribution is 5.76. The third-order valence-electron chi connectivity index (χ3n) is 13.3. The monoisotopic (exact) mass is 498 g/mol. The summed E-state index contributed by atoms with van der Waals surface area (Å²) in [5.41, 5.74) is 1.50. The van der Waals surface area contributed by atoms with Crippen molar-refractivity contribution in [1.29, 1.82) is 0 Å². The van der Waals surface area contributed by atoms with Crippen molar-refractivity contribution in [3.05, 3.63) is 11.6 Å². The molecule has 0 bridgehead atoms. The third-order valence-corrected chi connectivity index (χ3v) is 13.3. The minimum atomic E-state index is -0.574. The SMILES string of the molecule is CC(=O)O[C@@H]1CC[C@]2(C)[C@H](CC[C@]3(C)[C@H]2CC=C2[C@H]4CC(C)(C)CC[C@]4(C(=O)O)CC[C@@]23C)C1(C)C. The Morgan fingerprint density at radius 1 is 0.889 bits per heavy atom. The Bertz CT molecular complexity index is 992. The smallest absolute Gasteiger partial charge is 0.310 e. The fourth-order valence-electron chi connectivity index (χ4n) is 11.0. The number of fused-ring (bicyclic) bond motifs is 7. The minimum Gasteiger partial charge on any atom is -0.481 e. The minimum absolute atomic E-state index is 0.00181. The lowest BCUT2D eigenvalue weighted by molar-refractivity contribution is -0.213. The highest BCUT2D eigenvalue weighted by atomic mass is 16.5. The van der Waals surface area contributed by atoms with Crippen molar-refractivity contribution in [2.75, 3.05) is 0 Å². The standard InChI is InChI=1S/C32H50O4/c1-20(33)36-25-12-13-29(6)23(28(25,4)5)11-14-31(8)24(29)10-9-21-22-19-27(2,3)15-17-32(22,26(34)35)18-16-30(21,31)7/h9,22-25H,10-19H2,1-8H3,(H,34,35)/t22-,23-,24+,25-,29-,30+,31-,32+/m1/s1. The molecule has 0 unspecified atom stereocenters. The van der Waals surface area contributed by atoms with Gasteiger partial charge in [0, 0.05) is 12.3 Å². The number of rotatable bonds is 2. The molecule has 5 rings (SSSR count). The normalized spacial score (nSPS) is 48.8. The molecule has 8 atom stereocenters. The number of hydrogen-bond acceptors (Lipinski definition) is 3. The number of hydrogen-bond donors (Lipinski definition) is 1. The number of carboxylic acid groups (broad SMARTS) is 1. The lowest BCUT2D eigenvalue weighted by Crippen LogP contribution is -2.65. The number of aliphatic carboxylic acids is 1. The number of carbonyl (C=O) groups is 2. The Morgan fingerprint density at radius 2 is 1.56 bits per heavy atom. The first-order valence-electron chi connectivity index (χ1n) is 14.6. The molecule has 202 valence electrons. The topological polar surface area (TPSA) is 63.6 Å². The van der Waals surface area contributed by atoms with Crippen molar-refractivity contribution in [3.63, 3.8) is 0 Å². The Kier molecular flexibility index (Phi) is 5.74. The zero-order valence-corrected chi connectivity index (χ0v) is 24.1. The summed E-state index contributed by atoms with van der Waals surface area (Å²) in [5, 5.41) is 10.5. The Hall–Kier alpha value is -1.32. The first-order valence-corrected chi connectivity index (χ1v) is 14.6. The molecule has 0 heterocycles. The van der Waals surface area contributed by atoms with Crippen molar-refractivity contribution in [1.82, 2.24) is 0 Å². The van der Waals surface area contributed by atoms with Crippen molar-refractivity contribution in [2.24, 2.45) is 50.2 Å². The van der Waals surface area contributed by atoms with Crippen LogP contribution in [0.5, 0.6) is 0 Å². The largest absolute Gasteiger partial charge is 0.481 e. The second kappa shape index (κ2) is 7.85. The Balaban J connectivity index is 1.55. The van der Waals surface area contributed by atoms with E-state index in [9.17, 15) is 14.7 Å². The quantitative estimate of drug-likeness (QED) is 0.311. The van der Waals surface area contributed by atoms with Gasteiger partial charge in [0.1, 0.15) is 6.10 Å². The molecule has 0 amide bonds. The second-order valence-corrected chi connectivity index (χ2v) is 15.6. The summed E-state index contributed by atoms with van der Waals surface area (Å²) in [5.74, 6) is 0.546. The number of carboxylic acids is 1. The van der Waals surface area contributed by atoms with Crippen molar-refractivity contribution < 1.29 is 19.4 Å². The molecule has 4 fully saturated rings. The van der Waals surface area contributed by atoms with Gasteiger partial charge in [0.15, 0.2) is 0 Å². The first-order chi connectivity index (χ1) is 16.5. The highest BCUT2D eigenvalue weighted by Crippen LogP contribution is 2.75. The maximum atomic E-state index is 12.8. The van der Waals surface area contributed by atoms with E-state index in [0.717, 1.165) is 57.8 Å². The summed E-state index contributed by atoms with van der Waals surface area (Å²) in [6.07, 6.45) is 12.6. The van der Waals surface area contributed by atoms with Crippen LogP contribution in [-0.2, 0) is 14.3 Å². The maximum absolute atomic E-state index is 12.8. The molecule has 5 aliphatic rings. The molecule has 0 aromatic carbocycles. The van der Waals surface area contributed by atoms with E-state index in [4.69, 9.17) is 4.74 Å². The number of ether oxygens (including phenoxy) is 1. The van der Waals surface area contributed by atoms with Gasteiger partial charge >= 0.3 is 11.9 Å². The fraction of sp³-hybridized carbons (Fsp3) is 0.875. The molecule has 0 saturated heterocycles. The van der Waals surface area contributed by atoms with Crippen LogP contribution in [0, 0.1) is 50.2 Å². The van der Waals surface area contributed by atoms with Crippen LogP contribution in [0.1, 0.15) is 120 Å². The van der Waals surface area contributed by atoms with Crippen LogP contribution >= 0.6 is 0 Å². The van der Waals surface area contributed by atoms with Crippen LogP contribution in [0.4, 0.5) is 0 Å². The molecule has 4 nitrogen and oxygen atoms in total. The zero-order chi connectivity index (χ0) is 26.5. The molecule has 4 saturated carbocycles. The number of esters is 1. The van der Waals surface area contributed by atoms with Gasteiger partial charge in [-0.05, 0) is 104 Å². The van der Waals surface area contributed by atoms with E-state index in [1.165, 1.54) is 12.0 Å². The summed E-state index contributed by atoms with van der Waals surface area (Å²) in [4.78, 5) is 24.7. The summed E-state index contributed by atoms with van der Waals surface area (Å²) in [7, 11) is 0. The third kappa shape index (κ3) is 3.30. The Morgan fingerprint density at radius 3 is 2.19 bits per heavy atom. The molecule has 0 aromatic rings. The van der Waals surface area contributed by atoms with Gasteiger partial charge in [-0.2, -0.15) is 0 Å². The first kappa shape index (κ1) is 26.3. The van der Waals surface area contributed by atoms with Gasteiger partial charge in [0.25, 0.3) is 0 Å². The van der Waals surface area contributed by atoms with Crippen molar-refractivity contribution in [2.45, 2.75) is 126 Å².